The molecule has 1 amide bonds. The van der Waals surface area contributed by atoms with Crippen LogP contribution in [0.3, 0.4) is 0 Å². The molecular weight excluding hydrogens is 517 g/mol. The Bertz CT molecular complexity index is 1450. The minimum atomic E-state index is -0.464. The predicted octanol–water partition coefficient (Wildman–Crippen LogP) is 6.89. The van der Waals surface area contributed by atoms with Gasteiger partial charge in [0.15, 0.2) is 16.7 Å². The van der Waals surface area contributed by atoms with E-state index in [4.69, 9.17) is 38.1 Å². The van der Waals surface area contributed by atoms with Crippen LogP contribution < -0.4 is 9.47 Å². The minimum Gasteiger partial charge on any atom is -0.493 e. The Labute approximate surface area is 222 Å². The first-order valence-corrected chi connectivity index (χ1v) is 12.5. The maximum absolute atomic E-state index is 12.8. The predicted molar refractivity (Wildman–Crippen MR) is 146 cm³/mol. The highest BCUT2D eigenvalue weighted by Crippen LogP contribution is 2.38. The first-order chi connectivity index (χ1) is 17.5. The number of benzene rings is 3. The molecule has 3 aromatic carbocycles. The van der Waals surface area contributed by atoms with Gasteiger partial charge in [0, 0.05) is 21.0 Å². The van der Waals surface area contributed by atoms with Crippen LogP contribution in [0.25, 0.3) is 11.8 Å². The lowest BCUT2D eigenvalue weighted by Gasteiger charge is -2.27. The number of fused-ring (bicyclic) bond motifs is 1. The summed E-state index contributed by atoms with van der Waals surface area (Å²) in [6, 6.07) is 20.2. The fraction of sp³-hybridized carbons (Fsp3) is 0.0741. The molecule has 0 aliphatic carbocycles. The molecule has 2 aliphatic rings. The summed E-state index contributed by atoms with van der Waals surface area (Å²) < 4.78 is 11.4. The van der Waals surface area contributed by atoms with Crippen molar-refractivity contribution < 1.29 is 14.3 Å². The first kappa shape index (κ1) is 24.2. The molecule has 6 nitrogen and oxygen atoms in total. The summed E-state index contributed by atoms with van der Waals surface area (Å²) >= 11 is 13.8. The SMILES string of the molecule is COc1cc(C=C2C(=N)N3C(c4ccccc4)=CSC3=NC2=O)ccc1OCc1c(Cl)cccc1Cl. The van der Waals surface area contributed by atoms with Crippen molar-refractivity contribution in [3.05, 3.63) is 104 Å². The fourth-order valence-electron chi connectivity index (χ4n) is 3.79. The number of amides is 1. The zero-order valence-electron chi connectivity index (χ0n) is 19.0. The van der Waals surface area contributed by atoms with E-state index < -0.39 is 5.91 Å². The van der Waals surface area contributed by atoms with E-state index in [2.05, 4.69) is 4.99 Å². The number of ether oxygens (including phenoxy) is 2. The van der Waals surface area contributed by atoms with Crippen LogP contribution in [0.4, 0.5) is 0 Å². The van der Waals surface area contributed by atoms with Gasteiger partial charge in [0.05, 0.1) is 18.4 Å². The van der Waals surface area contributed by atoms with E-state index >= 15 is 0 Å². The average molecular weight is 536 g/mol. The van der Waals surface area contributed by atoms with Crippen LogP contribution in [0.2, 0.25) is 10.0 Å². The topological polar surface area (TPSA) is 75.0 Å². The van der Waals surface area contributed by atoms with Gasteiger partial charge in [-0.05, 0) is 41.5 Å². The number of thioether (sulfide) groups is 1. The van der Waals surface area contributed by atoms with Gasteiger partial charge in [0.25, 0.3) is 5.91 Å². The second kappa shape index (κ2) is 10.2. The van der Waals surface area contributed by atoms with Gasteiger partial charge in [-0.15, -0.1) is 0 Å². The van der Waals surface area contributed by atoms with Crippen LogP contribution in [-0.2, 0) is 11.4 Å². The molecule has 2 aliphatic heterocycles. The van der Waals surface area contributed by atoms with Crippen molar-refractivity contribution >= 4 is 63.6 Å². The number of hydrogen-bond acceptors (Lipinski definition) is 5. The molecule has 36 heavy (non-hydrogen) atoms. The Morgan fingerprint density at radius 2 is 1.78 bits per heavy atom. The molecule has 0 radical (unpaired) electrons. The van der Waals surface area contributed by atoms with E-state index in [1.165, 1.54) is 18.9 Å². The van der Waals surface area contributed by atoms with Crippen molar-refractivity contribution in [1.29, 1.82) is 5.41 Å². The van der Waals surface area contributed by atoms with E-state index in [1.54, 1.807) is 47.4 Å². The maximum atomic E-state index is 12.8. The van der Waals surface area contributed by atoms with Crippen molar-refractivity contribution in [2.45, 2.75) is 6.61 Å². The Hall–Kier alpha value is -3.52. The molecule has 0 unspecified atom stereocenters. The fourth-order valence-corrected chi connectivity index (χ4v) is 5.19. The van der Waals surface area contributed by atoms with Crippen molar-refractivity contribution in [3.8, 4) is 11.5 Å². The monoisotopic (exact) mass is 535 g/mol. The second-order valence-corrected chi connectivity index (χ2v) is 9.48. The van der Waals surface area contributed by atoms with Crippen LogP contribution >= 0.6 is 35.0 Å². The lowest BCUT2D eigenvalue weighted by molar-refractivity contribution is -0.114. The summed E-state index contributed by atoms with van der Waals surface area (Å²) in [5, 5.41) is 12.2. The molecule has 0 spiro atoms. The molecular formula is C27H19Cl2N3O3S. The van der Waals surface area contributed by atoms with Crippen LogP contribution in [0.15, 0.2) is 82.7 Å². The summed E-state index contributed by atoms with van der Waals surface area (Å²) in [6.07, 6.45) is 1.63. The molecule has 2 heterocycles. The molecule has 0 aromatic heterocycles. The summed E-state index contributed by atoms with van der Waals surface area (Å²) in [4.78, 5) is 18.7. The smallest absolute Gasteiger partial charge is 0.283 e. The number of aliphatic imine (C=N–C) groups is 1. The van der Waals surface area contributed by atoms with E-state index in [1.807, 2.05) is 35.7 Å². The third-order valence-electron chi connectivity index (χ3n) is 5.62. The molecule has 9 heteroatoms. The van der Waals surface area contributed by atoms with Gasteiger partial charge in [0.1, 0.15) is 12.4 Å². The highest BCUT2D eigenvalue weighted by molar-refractivity contribution is 8.17. The standard InChI is InChI=1S/C27H19Cl2N3O3S/c1-34-24-13-16(10-11-23(24)35-14-19-20(28)8-5-9-21(19)29)12-18-25(30)32-22(17-6-3-2-4-7-17)15-36-27(32)31-26(18)33/h2-13,15,30H,14H2,1H3. The average Bonchev–Trinajstić information content (AvgIpc) is 3.31. The number of rotatable bonds is 6. The molecule has 0 fully saturated rings. The van der Waals surface area contributed by atoms with E-state index in [0.717, 1.165) is 11.3 Å². The van der Waals surface area contributed by atoms with Crippen LogP contribution in [0.1, 0.15) is 16.7 Å². The zero-order valence-corrected chi connectivity index (χ0v) is 21.3. The molecule has 1 N–H and O–H groups in total. The lowest BCUT2D eigenvalue weighted by Crippen LogP contribution is -2.38. The molecule has 0 bridgehead atoms. The molecule has 5 rings (SSSR count). The normalized spacial score (nSPS) is 16.1. The minimum absolute atomic E-state index is 0.0674. The summed E-state index contributed by atoms with van der Waals surface area (Å²) in [7, 11) is 1.53. The number of amidine groups is 2. The first-order valence-electron chi connectivity index (χ1n) is 10.9. The maximum Gasteiger partial charge on any atom is 0.283 e. The number of carbonyl (C=O) groups excluding carboxylic acids is 1. The van der Waals surface area contributed by atoms with Crippen molar-refractivity contribution in [2.24, 2.45) is 4.99 Å². The third kappa shape index (κ3) is 4.65. The van der Waals surface area contributed by atoms with Crippen molar-refractivity contribution in [3.63, 3.8) is 0 Å². The van der Waals surface area contributed by atoms with Gasteiger partial charge >= 0.3 is 0 Å². The van der Waals surface area contributed by atoms with E-state index in [0.29, 0.717) is 37.8 Å². The van der Waals surface area contributed by atoms with Gasteiger partial charge in [-0.3, -0.25) is 15.1 Å². The van der Waals surface area contributed by atoms with Gasteiger partial charge < -0.3 is 9.47 Å². The number of hydrogen-bond donors (Lipinski definition) is 1. The summed E-state index contributed by atoms with van der Waals surface area (Å²) in [5.74, 6) is 0.561. The second-order valence-electron chi connectivity index (χ2n) is 7.83. The molecule has 3 aromatic rings. The highest BCUT2D eigenvalue weighted by Gasteiger charge is 2.36. The number of carbonyl (C=O) groups is 1. The molecule has 0 atom stereocenters. The van der Waals surface area contributed by atoms with Crippen LogP contribution in [0.5, 0.6) is 11.5 Å². The number of nitrogens with one attached hydrogen (secondary N) is 1. The number of nitrogens with zero attached hydrogens (tertiary/aromatic N) is 2. The third-order valence-corrected chi connectivity index (χ3v) is 7.15. The molecule has 180 valence electrons. The number of halogens is 2. The zero-order chi connectivity index (χ0) is 25.2. The molecule has 0 saturated carbocycles. The van der Waals surface area contributed by atoms with Gasteiger partial charge in [-0.1, -0.05) is 77.4 Å². The Balaban J connectivity index is 1.41. The highest BCUT2D eigenvalue weighted by atomic mass is 35.5. The quantitative estimate of drug-likeness (QED) is 0.348. The summed E-state index contributed by atoms with van der Waals surface area (Å²) in [5.41, 5.74) is 3.27. The van der Waals surface area contributed by atoms with Crippen molar-refractivity contribution in [1.82, 2.24) is 4.90 Å². The van der Waals surface area contributed by atoms with E-state index in [-0.39, 0.29) is 18.0 Å². The van der Waals surface area contributed by atoms with Crippen LogP contribution in [-0.4, -0.2) is 28.9 Å². The Kier molecular flexibility index (Phi) is 6.87. The van der Waals surface area contributed by atoms with Gasteiger partial charge in [0.2, 0.25) is 0 Å². The van der Waals surface area contributed by atoms with Crippen LogP contribution in [0, 0.1) is 5.41 Å². The van der Waals surface area contributed by atoms with E-state index in [9.17, 15) is 4.79 Å². The largest absolute Gasteiger partial charge is 0.493 e. The Morgan fingerprint density at radius 3 is 2.50 bits per heavy atom. The van der Waals surface area contributed by atoms with Gasteiger partial charge in [-0.25, -0.2) is 0 Å². The lowest BCUT2D eigenvalue weighted by atomic mass is 10.1. The van der Waals surface area contributed by atoms with Crippen molar-refractivity contribution in [2.75, 3.05) is 7.11 Å². The van der Waals surface area contributed by atoms with Gasteiger partial charge in [-0.2, -0.15) is 4.99 Å². The molecule has 0 saturated heterocycles. The number of methoxy groups -OCH3 is 1. The Morgan fingerprint density at radius 1 is 1.03 bits per heavy atom. The summed E-state index contributed by atoms with van der Waals surface area (Å²) in [6.45, 7) is 0.164.